The third kappa shape index (κ3) is 7.73. The molecule has 1 aromatic carbocycles. The van der Waals surface area contributed by atoms with E-state index in [1.807, 2.05) is 44.2 Å². The number of benzene rings is 1. The van der Waals surface area contributed by atoms with Crippen LogP contribution in [0.4, 0.5) is 13.2 Å². The first-order chi connectivity index (χ1) is 10.9. The van der Waals surface area contributed by atoms with Crippen LogP contribution in [0, 0.1) is 6.92 Å². The minimum atomic E-state index is -4.46. The molecule has 0 aliphatic heterocycles. The Kier molecular flexibility index (Phi) is 9.80. The molecular formula is C15H18F3NO3S. The van der Waals surface area contributed by atoms with E-state index < -0.39 is 11.9 Å². The van der Waals surface area contributed by atoms with E-state index >= 15 is 0 Å². The average molecular weight is 349 g/mol. The van der Waals surface area contributed by atoms with Crippen molar-refractivity contribution in [3.63, 3.8) is 0 Å². The predicted molar refractivity (Wildman–Crippen MR) is 82.3 cm³/mol. The highest BCUT2D eigenvalue weighted by Gasteiger charge is 2.37. The monoisotopic (exact) mass is 349 g/mol. The number of carbonyl (C=O) groups is 1. The first-order valence-corrected chi connectivity index (χ1v) is 7.66. The number of aromatic nitrogens is 1. The summed E-state index contributed by atoms with van der Waals surface area (Å²) in [5.41, 5.74) is 0.0602. The summed E-state index contributed by atoms with van der Waals surface area (Å²) in [7, 11) is 0. The van der Waals surface area contributed by atoms with Crippen molar-refractivity contribution in [3.05, 3.63) is 47.3 Å². The van der Waals surface area contributed by atoms with Crippen molar-refractivity contribution in [2.75, 3.05) is 0 Å². The Labute approximate surface area is 136 Å². The number of hydrogen-bond donors (Lipinski definition) is 1. The van der Waals surface area contributed by atoms with Crippen molar-refractivity contribution in [1.82, 2.24) is 4.98 Å². The molecule has 0 bridgehead atoms. The molecule has 1 N–H and O–H groups in total. The van der Waals surface area contributed by atoms with Crippen LogP contribution in [0.3, 0.4) is 0 Å². The maximum atomic E-state index is 12.5. The second-order valence-electron chi connectivity index (χ2n) is 3.76. The topological polar surface area (TPSA) is 63.3 Å². The average Bonchev–Trinajstić information content (AvgIpc) is 2.90. The van der Waals surface area contributed by atoms with Crippen molar-refractivity contribution in [2.45, 2.75) is 37.9 Å². The first kappa shape index (κ1) is 21.0. The number of halogens is 3. The Morgan fingerprint density at radius 1 is 1.26 bits per heavy atom. The van der Waals surface area contributed by atoms with Gasteiger partial charge >= 0.3 is 6.18 Å². The summed E-state index contributed by atoms with van der Waals surface area (Å²) in [5.74, 6) is 0.330. The summed E-state index contributed by atoms with van der Waals surface area (Å²) in [6, 6.07) is 9.42. The summed E-state index contributed by atoms with van der Waals surface area (Å²) in [6.07, 6.45) is -4.46. The molecule has 0 aliphatic rings. The van der Waals surface area contributed by atoms with Crippen LogP contribution in [-0.4, -0.2) is 16.6 Å². The van der Waals surface area contributed by atoms with E-state index in [1.165, 1.54) is 6.92 Å². The predicted octanol–water partition coefficient (Wildman–Crippen LogP) is 5.02. The van der Waals surface area contributed by atoms with Crippen LogP contribution in [0.2, 0.25) is 0 Å². The normalized spacial score (nSPS) is 10.0. The standard InChI is InChI=1S/C12H10F3NOS.C2H6.CH2O2/c1-8-10(12(13,14)15)16-11(17-8)18-7-9-5-3-2-4-6-9;1-2;2-1-3/h2-6H,7H2,1H3;1-2H3;1H,(H,2,3). The maximum Gasteiger partial charge on any atom is 0.436 e. The second kappa shape index (κ2) is 10.7. The van der Waals surface area contributed by atoms with E-state index in [0.717, 1.165) is 17.3 Å². The molecule has 2 rings (SSSR count). The van der Waals surface area contributed by atoms with E-state index in [9.17, 15) is 13.2 Å². The summed E-state index contributed by atoms with van der Waals surface area (Å²) >= 11 is 1.15. The lowest BCUT2D eigenvalue weighted by Gasteiger charge is -2.00. The van der Waals surface area contributed by atoms with Crippen LogP contribution in [0.25, 0.3) is 0 Å². The van der Waals surface area contributed by atoms with Gasteiger partial charge in [0.2, 0.25) is 0 Å². The molecule has 0 saturated heterocycles. The van der Waals surface area contributed by atoms with Gasteiger partial charge in [-0.25, -0.2) is 0 Å². The molecule has 0 aliphatic carbocycles. The van der Waals surface area contributed by atoms with Crippen molar-refractivity contribution < 1.29 is 27.5 Å². The number of alkyl halides is 3. The van der Waals surface area contributed by atoms with Gasteiger partial charge < -0.3 is 9.52 Å². The minimum Gasteiger partial charge on any atom is -0.483 e. The zero-order valence-corrected chi connectivity index (χ0v) is 13.7. The summed E-state index contributed by atoms with van der Waals surface area (Å²) in [6.45, 7) is 5.02. The highest BCUT2D eigenvalue weighted by Crippen LogP contribution is 2.34. The molecule has 4 nitrogen and oxygen atoms in total. The lowest BCUT2D eigenvalue weighted by atomic mass is 10.2. The Bertz CT molecular complexity index is 571. The van der Waals surface area contributed by atoms with Gasteiger partial charge in [0.25, 0.3) is 11.7 Å². The van der Waals surface area contributed by atoms with E-state index in [2.05, 4.69) is 4.98 Å². The van der Waals surface area contributed by atoms with Gasteiger partial charge in [0, 0.05) is 5.75 Å². The van der Waals surface area contributed by atoms with Crippen LogP contribution in [0.15, 0.2) is 40.0 Å². The Morgan fingerprint density at radius 3 is 2.22 bits per heavy atom. The number of rotatable bonds is 3. The van der Waals surface area contributed by atoms with Gasteiger partial charge in [-0.05, 0) is 12.5 Å². The molecule has 0 saturated carbocycles. The molecule has 1 aromatic heterocycles. The van der Waals surface area contributed by atoms with Gasteiger partial charge in [-0.3, -0.25) is 4.79 Å². The van der Waals surface area contributed by atoms with Gasteiger partial charge in [0.1, 0.15) is 5.76 Å². The number of carboxylic acid groups (broad SMARTS) is 1. The largest absolute Gasteiger partial charge is 0.483 e. The second-order valence-corrected chi connectivity index (χ2v) is 4.69. The van der Waals surface area contributed by atoms with Crippen LogP contribution < -0.4 is 0 Å². The minimum absolute atomic E-state index is 0.0451. The van der Waals surface area contributed by atoms with E-state index in [-0.39, 0.29) is 17.5 Å². The highest BCUT2D eigenvalue weighted by molar-refractivity contribution is 7.98. The fraction of sp³-hybridized carbons (Fsp3) is 0.333. The first-order valence-electron chi connectivity index (χ1n) is 6.67. The molecule has 0 amide bonds. The molecule has 0 fully saturated rings. The molecule has 1 heterocycles. The fourth-order valence-electron chi connectivity index (χ4n) is 1.42. The fourth-order valence-corrected chi connectivity index (χ4v) is 2.24. The van der Waals surface area contributed by atoms with Crippen LogP contribution in [-0.2, 0) is 16.7 Å². The highest BCUT2D eigenvalue weighted by atomic mass is 32.2. The summed E-state index contributed by atoms with van der Waals surface area (Å²) in [4.78, 5) is 11.8. The van der Waals surface area contributed by atoms with Crippen LogP contribution in [0.1, 0.15) is 30.9 Å². The van der Waals surface area contributed by atoms with Gasteiger partial charge in [0.05, 0.1) is 0 Å². The zero-order chi connectivity index (χ0) is 17.9. The molecule has 0 spiro atoms. The zero-order valence-electron chi connectivity index (χ0n) is 12.9. The number of thioether (sulfide) groups is 1. The molecule has 0 radical (unpaired) electrons. The Hall–Kier alpha value is -1.96. The van der Waals surface area contributed by atoms with Crippen molar-refractivity contribution in [3.8, 4) is 0 Å². The number of aryl methyl sites for hydroxylation is 1. The Balaban J connectivity index is 0.000000868. The number of hydrogen-bond acceptors (Lipinski definition) is 4. The Morgan fingerprint density at radius 2 is 1.78 bits per heavy atom. The molecule has 2 aromatic rings. The lowest BCUT2D eigenvalue weighted by Crippen LogP contribution is -2.06. The molecule has 8 heteroatoms. The van der Waals surface area contributed by atoms with Crippen molar-refractivity contribution >= 4 is 18.2 Å². The smallest absolute Gasteiger partial charge is 0.436 e. The summed E-state index contributed by atoms with van der Waals surface area (Å²) in [5, 5.41) is 6.93. The van der Waals surface area contributed by atoms with E-state index in [4.69, 9.17) is 14.3 Å². The summed E-state index contributed by atoms with van der Waals surface area (Å²) < 4.78 is 42.5. The van der Waals surface area contributed by atoms with E-state index in [0.29, 0.717) is 5.75 Å². The molecule has 0 unspecified atom stereocenters. The lowest BCUT2D eigenvalue weighted by molar-refractivity contribution is -0.141. The quantitative estimate of drug-likeness (QED) is 0.622. The van der Waals surface area contributed by atoms with Crippen LogP contribution >= 0.6 is 11.8 Å². The maximum absolute atomic E-state index is 12.5. The third-order valence-corrected chi connectivity index (χ3v) is 3.15. The number of oxazole rings is 1. The van der Waals surface area contributed by atoms with Gasteiger partial charge in [-0.15, -0.1) is 0 Å². The van der Waals surface area contributed by atoms with Crippen LogP contribution in [0.5, 0.6) is 0 Å². The molecule has 128 valence electrons. The van der Waals surface area contributed by atoms with Gasteiger partial charge in [-0.2, -0.15) is 18.2 Å². The van der Waals surface area contributed by atoms with Crippen molar-refractivity contribution in [1.29, 1.82) is 0 Å². The van der Waals surface area contributed by atoms with Crippen molar-refractivity contribution in [2.24, 2.45) is 0 Å². The van der Waals surface area contributed by atoms with Gasteiger partial charge in [0.15, 0.2) is 5.69 Å². The van der Waals surface area contributed by atoms with E-state index in [1.54, 1.807) is 0 Å². The number of nitrogens with zero attached hydrogens (tertiary/aromatic N) is 1. The SMILES string of the molecule is CC.Cc1oc(SCc2ccccc2)nc1C(F)(F)F.O=CO. The van der Waals surface area contributed by atoms with Gasteiger partial charge in [-0.1, -0.05) is 55.9 Å². The molecular weight excluding hydrogens is 331 g/mol. The third-order valence-electron chi connectivity index (χ3n) is 2.25. The molecule has 0 atom stereocenters. The molecule has 23 heavy (non-hydrogen) atoms.